The number of rotatable bonds is 4. The van der Waals surface area contributed by atoms with Crippen LogP contribution in [-0.2, 0) is 13.1 Å². The highest BCUT2D eigenvalue weighted by atomic mass is 19.1. The molecule has 0 spiro atoms. The SMILES string of the molecule is Cc1noc(C)c1Cn1nnc(CN)c1-c1cccc(F)c1. The number of halogens is 1. The lowest BCUT2D eigenvalue weighted by molar-refractivity contribution is 0.391. The number of nitrogens with zero attached hydrogens (tertiary/aromatic N) is 4. The molecule has 2 aromatic heterocycles. The van der Waals surface area contributed by atoms with E-state index in [9.17, 15) is 4.39 Å². The summed E-state index contributed by atoms with van der Waals surface area (Å²) >= 11 is 0. The molecule has 2 heterocycles. The van der Waals surface area contributed by atoms with E-state index in [1.54, 1.807) is 10.7 Å². The lowest BCUT2D eigenvalue weighted by atomic mass is 10.1. The van der Waals surface area contributed by atoms with Crippen LogP contribution in [0.1, 0.15) is 22.7 Å². The van der Waals surface area contributed by atoms with E-state index in [2.05, 4.69) is 15.5 Å². The Balaban J connectivity index is 2.08. The molecule has 0 fully saturated rings. The van der Waals surface area contributed by atoms with Crippen LogP contribution in [0.2, 0.25) is 0 Å². The summed E-state index contributed by atoms with van der Waals surface area (Å²) in [5.74, 6) is 0.415. The monoisotopic (exact) mass is 301 g/mol. The molecule has 0 bridgehead atoms. The third-order valence-corrected chi connectivity index (χ3v) is 3.59. The largest absolute Gasteiger partial charge is 0.361 e. The van der Waals surface area contributed by atoms with Gasteiger partial charge in [0.2, 0.25) is 0 Å². The molecule has 22 heavy (non-hydrogen) atoms. The first kappa shape index (κ1) is 14.4. The highest BCUT2D eigenvalue weighted by molar-refractivity contribution is 5.62. The Morgan fingerprint density at radius 2 is 2.14 bits per heavy atom. The van der Waals surface area contributed by atoms with Crippen molar-refractivity contribution in [3.05, 3.63) is 52.8 Å². The van der Waals surface area contributed by atoms with Crippen LogP contribution in [0.4, 0.5) is 4.39 Å². The summed E-state index contributed by atoms with van der Waals surface area (Å²) in [5, 5.41) is 12.2. The number of nitrogens with two attached hydrogens (primary N) is 1. The predicted octanol–water partition coefficient (Wildman–Crippen LogP) is 2.20. The van der Waals surface area contributed by atoms with Gasteiger partial charge in [0.05, 0.1) is 17.9 Å². The number of benzene rings is 1. The first-order valence-electron chi connectivity index (χ1n) is 6.90. The van der Waals surface area contributed by atoms with E-state index in [4.69, 9.17) is 10.3 Å². The maximum absolute atomic E-state index is 13.5. The van der Waals surface area contributed by atoms with Gasteiger partial charge in [-0.2, -0.15) is 0 Å². The lowest BCUT2D eigenvalue weighted by Gasteiger charge is -2.08. The standard InChI is InChI=1S/C15H16FN5O/c1-9-13(10(2)22-19-9)8-21-15(14(7-17)18-20-21)11-4-3-5-12(16)6-11/h3-6H,7-8,17H2,1-2H3. The van der Waals surface area contributed by atoms with E-state index in [0.29, 0.717) is 23.5 Å². The average molecular weight is 301 g/mol. The Hall–Kier alpha value is -2.54. The van der Waals surface area contributed by atoms with Gasteiger partial charge in [0, 0.05) is 17.7 Å². The molecule has 0 radical (unpaired) electrons. The third-order valence-electron chi connectivity index (χ3n) is 3.59. The van der Waals surface area contributed by atoms with Crippen LogP contribution < -0.4 is 5.73 Å². The summed E-state index contributed by atoms with van der Waals surface area (Å²) in [6.45, 7) is 4.39. The zero-order valence-corrected chi connectivity index (χ0v) is 12.4. The summed E-state index contributed by atoms with van der Waals surface area (Å²) in [7, 11) is 0. The van der Waals surface area contributed by atoms with Crippen molar-refractivity contribution in [2.24, 2.45) is 5.73 Å². The van der Waals surface area contributed by atoms with Gasteiger partial charge in [-0.05, 0) is 26.0 Å². The van der Waals surface area contributed by atoms with Gasteiger partial charge in [0.1, 0.15) is 17.3 Å². The Morgan fingerprint density at radius 1 is 1.32 bits per heavy atom. The second kappa shape index (κ2) is 5.69. The van der Waals surface area contributed by atoms with Gasteiger partial charge in [-0.25, -0.2) is 9.07 Å². The summed E-state index contributed by atoms with van der Waals surface area (Å²) < 4.78 is 20.4. The van der Waals surface area contributed by atoms with Crippen LogP contribution in [-0.4, -0.2) is 20.2 Å². The van der Waals surface area contributed by atoms with E-state index in [-0.39, 0.29) is 12.4 Å². The maximum Gasteiger partial charge on any atom is 0.138 e. The maximum atomic E-state index is 13.5. The zero-order chi connectivity index (χ0) is 15.7. The highest BCUT2D eigenvalue weighted by Crippen LogP contribution is 2.25. The molecule has 3 aromatic rings. The predicted molar refractivity (Wildman–Crippen MR) is 78.4 cm³/mol. The normalized spacial score (nSPS) is 11.1. The first-order chi connectivity index (χ1) is 10.6. The molecule has 0 aliphatic heterocycles. The Bertz CT molecular complexity index is 789. The zero-order valence-electron chi connectivity index (χ0n) is 12.4. The number of hydrogen-bond acceptors (Lipinski definition) is 5. The van der Waals surface area contributed by atoms with E-state index >= 15 is 0 Å². The molecule has 114 valence electrons. The molecule has 0 aliphatic rings. The molecular formula is C15H16FN5O. The lowest BCUT2D eigenvalue weighted by Crippen LogP contribution is -2.07. The van der Waals surface area contributed by atoms with E-state index in [1.807, 2.05) is 19.9 Å². The summed E-state index contributed by atoms with van der Waals surface area (Å²) in [6.07, 6.45) is 0. The fraction of sp³-hybridized carbons (Fsp3) is 0.267. The van der Waals surface area contributed by atoms with Gasteiger partial charge in [-0.3, -0.25) is 0 Å². The Morgan fingerprint density at radius 3 is 2.77 bits per heavy atom. The third kappa shape index (κ3) is 2.50. The van der Waals surface area contributed by atoms with Crippen LogP contribution in [0.3, 0.4) is 0 Å². The molecule has 0 amide bonds. The van der Waals surface area contributed by atoms with E-state index in [1.165, 1.54) is 12.1 Å². The van der Waals surface area contributed by atoms with Crippen LogP contribution >= 0.6 is 0 Å². The molecule has 0 atom stereocenters. The summed E-state index contributed by atoms with van der Waals surface area (Å²) in [4.78, 5) is 0. The van der Waals surface area contributed by atoms with Crippen molar-refractivity contribution >= 4 is 0 Å². The Labute approximate surface area is 126 Å². The topological polar surface area (TPSA) is 82.8 Å². The molecule has 3 rings (SSSR count). The van der Waals surface area contributed by atoms with Crippen LogP contribution in [0.15, 0.2) is 28.8 Å². The molecule has 0 aliphatic carbocycles. The van der Waals surface area contributed by atoms with Gasteiger partial charge in [-0.15, -0.1) is 5.10 Å². The van der Waals surface area contributed by atoms with Crippen molar-refractivity contribution in [3.63, 3.8) is 0 Å². The van der Waals surface area contributed by atoms with Gasteiger partial charge in [0.25, 0.3) is 0 Å². The second-order valence-corrected chi connectivity index (χ2v) is 5.06. The molecule has 1 aromatic carbocycles. The minimum Gasteiger partial charge on any atom is -0.361 e. The molecule has 2 N–H and O–H groups in total. The molecule has 7 heteroatoms. The fourth-order valence-corrected chi connectivity index (χ4v) is 2.43. The van der Waals surface area contributed by atoms with Crippen molar-refractivity contribution < 1.29 is 8.91 Å². The minimum absolute atomic E-state index is 0.230. The summed E-state index contributed by atoms with van der Waals surface area (Å²) in [6, 6.07) is 6.30. The van der Waals surface area contributed by atoms with Gasteiger partial charge in [-0.1, -0.05) is 22.5 Å². The van der Waals surface area contributed by atoms with Crippen molar-refractivity contribution in [1.82, 2.24) is 20.2 Å². The highest BCUT2D eigenvalue weighted by Gasteiger charge is 2.17. The number of aromatic nitrogens is 4. The van der Waals surface area contributed by atoms with Crippen molar-refractivity contribution in [3.8, 4) is 11.3 Å². The molecule has 0 saturated carbocycles. The van der Waals surface area contributed by atoms with E-state index in [0.717, 1.165) is 17.0 Å². The van der Waals surface area contributed by atoms with Gasteiger partial charge >= 0.3 is 0 Å². The number of aryl methyl sites for hydroxylation is 2. The quantitative estimate of drug-likeness (QED) is 0.798. The second-order valence-electron chi connectivity index (χ2n) is 5.06. The van der Waals surface area contributed by atoms with Crippen molar-refractivity contribution in [2.75, 3.05) is 0 Å². The molecule has 6 nitrogen and oxygen atoms in total. The first-order valence-corrected chi connectivity index (χ1v) is 6.90. The molecule has 0 saturated heterocycles. The van der Waals surface area contributed by atoms with Crippen LogP contribution in [0.5, 0.6) is 0 Å². The molecular weight excluding hydrogens is 285 g/mol. The van der Waals surface area contributed by atoms with Gasteiger partial charge in [0.15, 0.2) is 0 Å². The molecule has 0 unspecified atom stereocenters. The van der Waals surface area contributed by atoms with Crippen molar-refractivity contribution in [2.45, 2.75) is 26.9 Å². The Kier molecular flexibility index (Phi) is 3.72. The fourth-order valence-electron chi connectivity index (χ4n) is 2.43. The van der Waals surface area contributed by atoms with Crippen LogP contribution in [0, 0.1) is 19.7 Å². The average Bonchev–Trinajstić information content (AvgIpc) is 3.05. The van der Waals surface area contributed by atoms with Crippen molar-refractivity contribution in [1.29, 1.82) is 0 Å². The van der Waals surface area contributed by atoms with Crippen LogP contribution in [0.25, 0.3) is 11.3 Å². The summed E-state index contributed by atoms with van der Waals surface area (Å²) in [5.41, 5.74) is 9.49. The van der Waals surface area contributed by atoms with E-state index < -0.39 is 0 Å². The number of hydrogen-bond donors (Lipinski definition) is 1. The minimum atomic E-state index is -0.314. The van der Waals surface area contributed by atoms with Gasteiger partial charge < -0.3 is 10.3 Å². The smallest absolute Gasteiger partial charge is 0.138 e.